The lowest BCUT2D eigenvalue weighted by atomic mass is 10.2. The van der Waals surface area contributed by atoms with E-state index in [0.29, 0.717) is 18.2 Å². The number of thiazole rings is 1. The van der Waals surface area contributed by atoms with E-state index in [-0.39, 0.29) is 5.91 Å². The number of morpholine rings is 1. The molecule has 1 atom stereocenters. The lowest BCUT2D eigenvalue weighted by Gasteiger charge is -2.31. The number of carbonyl (C=O) groups is 1. The second kappa shape index (κ2) is 6.64. The molecule has 0 bridgehead atoms. The Morgan fingerprint density at radius 1 is 1.50 bits per heavy atom. The van der Waals surface area contributed by atoms with Crippen LogP contribution in [0.5, 0.6) is 0 Å². The molecule has 7 heteroatoms. The maximum atomic E-state index is 11.7. The Morgan fingerprint density at radius 2 is 2.32 bits per heavy atom. The standard InChI is InChI=1S/C15H16ClN3O2S/c1-17-14(20)13-8-19(6-7-21-13)15-18-12(9-22-15)10-4-2-3-5-11(10)16/h2-5,9,13H,6-8H2,1H3,(H,17,20). The number of nitrogens with one attached hydrogen (secondary N) is 1. The van der Waals surface area contributed by atoms with Gasteiger partial charge in [0.2, 0.25) is 0 Å². The number of hydrogen-bond acceptors (Lipinski definition) is 5. The van der Waals surface area contributed by atoms with Gasteiger partial charge in [0.15, 0.2) is 11.2 Å². The number of benzene rings is 1. The first kappa shape index (κ1) is 15.3. The quantitative estimate of drug-likeness (QED) is 0.934. The number of halogens is 1. The van der Waals surface area contributed by atoms with Crippen LogP contribution in [0.15, 0.2) is 29.6 Å². The van der Waals surface area contributed by atoms with Crippen molar-refractivity contribution in [1.82, 2.24) is 10.3 Å². The predicted octanol–water partition coefficient (Wildman–Crippen LogP) is 2.41. The van der Waals surface area contributed by atoms with Crippen molar-refractivity contribution in [2.75, 3.05) is 31.6 Å². The third-order valence-electron chi connectivity index (χ3n) is 3.52. The van der Waals surface area contributed by atoms with Gasteiger partial charge in [-0.3, -0.25) is 4.79 Å². The van der Waals surface area contributed by atoms with Gasteiger partial charge < -0.3 is 15.0 Å². The Morgan fingerprint density at radius 3 is 3.09 bits per heavy atom. The molecule has 1 saturated heterocycles. The summed E-state index contributed by atoms with van der Waals surface area (Å²) in [6.45, 7) is 1.75. The number of aromatic nitrogens is 1. The van der Waals surface area contributed by atoms with E-state index in [2.05, 4.69) is 15.2 Å². The summed E-state index contributed by atoms with van der Waals surface area (Å²) in [7, 11) is 1.61. The van der Waals surface area contributed by atoms with Gasteiger partial charge in [0.05, 0.1) is 18.8 Å². The maximum Gasteiger partial charge on any atom is 0.250 e. The van der Waals surface area contributed by atoms with Crippen LogP contribution in [0.25, 0.3) is 11.3 Å². The zero-order chi connectivity index (χ0) is 15.5. The average molecular weight is 338 g/mol. The molecule has 1 N–H and O–H groups in total. The van der Waals surface area contributed by atoms with E-state index in [1.165, 1.54) is 0 Å². The van der Waals surface area contributed by atoms with Gasteiger partial charge in [-0.15, -0.1) is 11.3 Å². The lowest BCUT2D eigenvalue weighted by molar-refractivity contribution is -0.132. The minimum atomic E-state index is -0.452. The molecule has 0 spiro atoms. The van der Waals surface area contributed by atoms with Crippen molar-refractivity contribution in [1.29, 1.82) is 0 Å². The molecule has 2 aromatic rings. The van der Waals surface area contributed by atoms with Crippen molar-refractivity contribution in [3.05, 3.63) is 34.7 Å². The molecular weight excluding hydrogens is 322 g/mol. The number of nitrogens with zero attached hydrogens (tertiary/aromatic N) is 2. The first-order chi connectivity index (χ1) is 10.7. The number of anilines is 1. The Labute approximate surface area is 137 Å². The smallest absolute Gasteiger partial charge is 0.250 e. The van der Waals surface area contributed by atoms with Crippen LogP contribution < -0.4 is 10.2 Å². The summed E-state index contributed by atoms with van der Waals surface area (Å²) in [5, 5.41) is 6.17. The van der Waals surface area contributed by atoms with Gasteiger partial charge in [-0.25, -0.2) is 4.98 Å². The van der Waals surface area contributed by atoms with Crippen LogP contribution in [0.1, 0.15) is 0 Å². The Balaban J connectivity index is 1.79. The van der Waals surface area contributed by atoms with Crippen molar-refractivity contribution in [2.45, 2.75) is 6.10 Å². The van der Waals surface area contributed by atoms with E-state index in [4.69, 9.17) is 16.3 Å². The van der Waals surface area contributed by atoms with Gasteiger partial charge >= 0.3 is 0 Å². The summed E-state index contributed by atoms with van der Waals surface area (Å²) in [6, 6.07) is 7.64. The summed E-state index contributed by atoms with van der Waals surface area (Å²) < 4.78 is 5.49. The lowest BCUT2D eigenvalue weighted by Crippen LogP contribution is -2.49. The molecule has 0 radical (unpaired) electrons. The molecular formula is C15H16ClN3O2S. The van der Waals surface area contributed by atoms with Gasteiger partial charge in [0.25, 0.3) is 5.91 Å². The third-order valence-corrected chi connectivity index (χ3v) is 4.75. The summed E-state index contributed by atoms with van der Waals surface area (Å²) in [6.07, 6.45) is -0.452. The van der Waals surface area contributed by atoms with Crippen LogP contribution in [0.3, 0.4) is 0 Å². The molecule has 1 aliphatic heterocycles. The van der Waals surface area contributed by atoms with Crippen molar-refractivity contribution in [3.8, 4) is 11.3 Å². The number of hydrogen-bond donors (Lipinski definition) is 1. The predicted molar refractivity (Wildman–Crippen MR) is 88.6 cm³/mol. The minimum absolute atomic E-state index is 0.104. The summed E-state index contributed by atoms with van der Waals surface area (Å²) in [5.41, 5.74) is 1.77. The SMILES string of the molecule is CNC(=O)C1CN(c2nc(-c3ccccc3Cl)cs2)CCO1. The van der Waals surface area contributed by atoms with Crippen LogP contribution in [-0.2, 0) is 9.53 Å². The fraction of sp³-hybridized carbons (Fsp3) is 0.333. The molecule has 5 nitrogen and oxygen atoms in total. The largest absolute Gasteiger partial charge is 0.365 e. The van der Waals surface area contributed by atoms with Gasteiger partial charge in [-0.2, -0.15) is 0 Å². The molecule has 0 aliphatic carbocycles. The Bertz CT molecular complexity index is 676. The van der Waals surface area contributed by atoms with Gasteiger partial charge in [0.1, 0.15) is 0 Å². The van der Waals surface area contributed by atoms with Crippen molar-refractivity contribution < 1.29 is 9.53 Å². The highest BCUT2D eigenvalue weighted by molar-refractivity contribution is 7.14. The van der Waals surface area contributed by atoms with Gasteiger partial charge in [-0.1, -0.05) is 29.8 Å². The highest BCUT2D eigenvalue weighted by Crippen LogP contribution is 2.32. The van der Waals surface area contributed by atoms with E-state index in [1.54, 1.807) is 18.4 Å². The topological polar surface area (TPSA) is 54.5 Å². The van der Waals surface area contributed by atoms with E-state index >= 15 is 0 Å². The average Bonchev–Trinajstić information content (AvgIpc) is 3.04. The molecule has 3 rings (SSSR count). The summed E-state index contributed by atoms with van der Waals surface area (Å²) in [5.74, 6) is -0.104. The van der Waals surface area contributed by atoms with E-state index < -0.39 is 6.10 Å². The highest BCUT2D eigenvalue weighted by Gasteiger charge is 2.27. The molecule has 116 valence electrons. The maximum absolute atomic E-state index is 11.7. The Hall–Kier alpha value is -1.63. The zero-order valence-electron chi connectivity index (χ0n) is 12.1. The second-order valence-corrected chi connectivity index (χ2v) is 6.16. The zero-order valence-corrected chi connectivity index (χ0v) is 13.7. The number of likely N-dealkylation sites (N-methyl/N-ethyl adjacent to an activating group) is 1. The van der Waals surface area contributed by atoms with Gasteiger partial charge in [0, 0.05) is 29.6 Å². The summed E-state index contributed by atoms with van der Waals surface area (Å²) in [4.78, 5) is 18.5. The minimum Gasteiger partial charge on any atom is -0.365 e. The molecule has 1 aliphatic rings. The van der Waals surface area contributed by atoms with Crippen LogP contribution in [0.2, 0.25) is 5.02 Å². The number of ether oxygens (including phenoxy) is 1. The monoisotopic (exact) mass is 337 g/mol. The van der Waals surface area contributed by atoms with Crippen molar-refractivity contribution in [2.24, 2.45) is 0 Å². The van der Waals surface area contributed by atoms with Crippen LogP contribution in [0, 0.1) is 0 Å². The van der Waals surface area contributed by atoms with Gasteiger partial charge in [-0.05, 0) is 6.07 Å². The summed E-state index contributed by atoms with van der Waals surface area (Å²) >= 11 is 7.77. The van der Waals surface area contributed by atoms with Crippen molar-refractivity contribution >= 4 is 34.0 Å². The van der Waals surface area contributed by atoms with E-state index in [0.717, 1.165) is 22.9 Å². The van der Waals surface area contributed by atoms with Crippen molar-refractivity contribution in [3.63, 3.8) is 0 Å². The first-order valence-electron chi connectivity index (χ1n) is 6.97. The first-order valence-corrected chi connectivity index (χ1v) is 8.23. The number of carbonyl (C=O) groups excluding carboxylic acids is 1. The molecule has 1 fully saturated rings. The van der Waals surface area contributed by atoms with Crippen LogP contribution in [-0.4, -0.2) is 43.7 Å². The molecule has 1 aromatic carbocycles. The molecule has 2 heterocycles. The van der Waals surface area contributed by atoms with Crippen LogP contribution >= 0.6 is 22.9 Å². The molecule has 1 unspecified atom stereocenters. The number of rotatable bonds is 3. The highest BCUT2D eigenvalue weighted by atomic mass is 35.5. The number of amides is 1. The van der Waals surface area contributed by atoms with Crippen LogP contribution in [0.4, 0.5) is 5.13 Å². The molecule has 1 amide bonds. The fourth-order valence-corrected chi connectivity index (χ4v) is 3.44. The Kier molecular flexibility index (Phi) is 4.61. The molecule has 1 aromatic heterocycles. The normalized spacial score (nSPS) is 18.3. The fourth-order valence-electron chi connectivity index (χ4n) is 2.34. The van der Waals surface area contributed by atoms with E-state index in [9.17, 15) is 4.79 Å². The molecule has 22 heavy (non-hydrogen) atoms. The second-order valence-electron chi connectivity index (χ2n) is 4.91. The third kappa shape index (κ3) is 3.09. The molecule has 0 saturated carbocycles. The van der Waals surface area contributed by atoms with E-state index in [1.807, 2.05) is 29.6 Å².